The predicted molar refractivity (Wildman–Crippen MR) is 133 cm³/mol. The largest absolute Gasteiger partial charge is 0.385 e. The van der Waals surface area contributed by atoms with Gasteiger partial charge in [0.15, 0.2) is 6.10 Å². The Balaban J connectivity index is 1.57. The standard InChI is InChI=1S/C26H34ClN3O3/c1-26(2,3)18-5-8-20(9-6-18)30-15-16-33-24(25(30)32)23(31)21-10-7-19(27)17-22(21)29-13-11-28(4)12-14-29/h5-10,17,23-24,31H,11-16H2,1-4H3. The van der Waals surface area contributed by atoms with Crippen LogP contribution in [0.4, 0.5) is 11.4 Å². The minimum absolute atomic E-state index is 0.0422. The number of nitrogens with zero attached hydrogens (tertiary/aromatic N) is 3. The third-order valence-electron chi connectivity index (χ3n) is 6.61. The van der Waals surface area contributed by atoms with Crippen molar-refractivity contribution in [2.24, 2.45) is 0 Å². The lowest BCUT2D eigenvalue weighted by Crippen LogP contribution is -2.50. The number of hydrogen-bond acceptors (Lipinski definition) is 5. The van der Waals surface area contributed by atoms with Gasteiger partial charge in [-0.05, 0) is 42.3 Å². The molecule has 2 fully saturated rings. The fourth-order valence-electron chi connectivity index (χ4n) is 4.48. The van der Waals surface area contributed by atoms with Crippen LogP contribution in [0.3, 0.4) is 0 Å². The van der Waals surface area contributed by atoms with Crippen LogP contribution in [0.1, 0.15) is 38.0 Å². The number of benzene rings is 2. The summed E-state index contributed by atoms with van der Waals surface area (Å²) < 4.78 is 5.82. The van der Waals surface area contributed by atoms with Gasteiger partial charge in [-0.2, -0.15) is 0 Å². The average Bonchev–Trinajstić information content (AvgIpc) is 2.79. The summed E-state index contributed by atoms with van der Waals surface area (Å²) in [6.45, 7) is 10.9. The van der Waals surface area contributed by atoms with E-state index in [1.54, 1.807) is 11.0 Å². The number of likely N-dealkylation sites (N-methyl/N-ethyl adjacent to an activating group) is 1. The van der Waals surface area contributed by atoms with Gasteiger partial charge in [-0.15, -0.1) is 0 Å². The van der Waals surface area contributed by atoms with Crippen molar-refractivity contribution in [3.63, 3.8) is 0 Å². The summed E-state index contributed by atoms with van der Waals surface area (Å²) in [5.41, 5.74) is 3.62. The van der Waals surface area contributed by atoms with Crippen LogP contribution in [0.25, 0.3) is 0 Å². The van der Waals surface area contributed by atoms with E-state index in [1.165, 1.54) is 5.56 Å². The van der Waals surface area contributed by atoms with Crippen LogP contribution in [0, 0.1) is 0 Å². The van der Waals surface area contributed by atoms with Gasteiger partial charge in [-0.25, -0.2) is 0 Å². The fraction of sp³-hybridized carbons (Fsp3) is 0.500. The number of aliphatic hydroxyl groups excluding tert-OH is 1. The zero-order valence-corrected chi connectivity index (χ0v) is 20.7. The van der Waals surface area contributed by atoms with Crippen LogP contribution in [0.15, 0.2) is 42.5 Å². The first-order valence-corrected chi connectivity index (χ1v) is 12.0. The molecule has 33 heavy (non-hydrogen) atoms. The molecule has 2 aliphatic rings. The van der Waals surface area contributed by atoms with E-state index in [2.05, 4.69) is 49.8 Å². The topological polar surface area (TPSA) is 56.2 Å². The highest BCUT2D eigenvalue weighted by atomic mass is 35.5. The van der Waals surface area contributed by atoms with Gasteiger partial charge in [-0.3, -0.25) is 4.79 Å². The fourth-order valence-corrected chi connectivity index (χ4v) is 4.65. The molecule has 2 saturated heterocycles. The molecule has 0 radical (unpaired) electrons. The van der Waals surface area contributed by atoms with E-state index < -0.39 is 12.2 Å². The van der Waals surface area contributed by atoms with Crippen molar-refractivity contribution in [3.05, 3.63) is 58.6 Å². The molecule has 0 bridgehead atoms. The molecule has 4 rings (SSSR count). The van der Waals surface area contributed by atoms with Crippen LogP contribution in [-0.2, 0) is 14.9 Å². The smallest absolute Gasteiger partial charge is 0.259 e. The molecule has 7 heteroatoms. The molecule has 1 amide bonds. The summed E-state index contributed by atoms with van der Waals surface area (Å²) in [6, 6.07) is 13.5. The van der Waals surface area contributed by atoms with E-state index in [1.807, 2.05) is 24.3 Å². The van der Waals surface area contributed by atoms with E-state index in [0.29, 0.717) is 23.7 Å². The van der Waals surface area contributed by atoms with Crippen LogP contribution in [0.2, 0.25) is 5.02 Å². The van der Waals surface area contributed by atoms with Crippen LogP contribution in [-0.4, -0.2) is 68.4 Å². The van der Waals surface area contributed by atoms with Crippen molar-refractivity contribution in [2.75, 3.05) is 56.2 Å². The first kappa shape index (κ1) is 24.0. The van der Waals surface area contributed by atoms with Crippen molar-refractivity contribution in [2.45, 2.75) is 38.4 Å². The zero-order valence-electron chi connectivity index (χ0n) is 19.9. The summed E-state index contributed by atoms with van der Waals surface area (Å²) in [4.78, 5) is 19.6. The molecule has 2 aromatic carbocycles. The molecular weight excluding hydrogens is 438 g/mol. The number of amides is 1. The van der Waals surface area contributed by atoms with Gasteiger partial charge in [0, 0.05) is 54.7 Å². The molecule has 2 unspecified atom stereocenters. The summed E-state index contributed by atoms with van der Waals surface area (Å²) >= 11 is 6.31. The van der Waals surface area contributed by atoms with E-state index in [4.69, 9.17) is 16.3 Å². The van der Waals surface area contributed by atoms with Crippen molar-refractivity contribution in [1.29, 1.82) is 0 Å². The summed E-state index contributed by atoms with van der Waals surface area (Å²) in [7, 11) is 2.10. The number of carbonyl (C=O) groups excluding carboxylic acids is 1. The Bertz CT molecular complexity index is 981. The van der Waals surface area contributed by atoms with Crippen molar-refractivity contribution in [3.8, 4) is 0 Å². The minimum atomic E-state index is -1.08. The second-order valence-corrected chi connectivity index (χ2v) is 10.5. The molecule has 6 nitrogen and oxygen atoms in total. The van der Waals surface area contributed by atoms with Gasteiger partial charge in [0.05, 0.1) is 6.61 Å². The Morgan fingerprint density at radius 3 is 2.33 bits per heavy atom. The Morgan fingerprint density at radius 2 is 1.70 bits per heavy atom. The molecule has 0 spiro atoms. The maximum Gasteiger partial charge on any atom is 0.259 e. The first-order valence-electron chi connectivity index (χ1n) is 11.6. The van der Waals surface area contributed by atoms with E-state index in [-0.39, 0.29) is 11.3 Å². The normalized spacial score (nSPS) is 21.4. The van der Waals surface area contributed by atoms with Gasteiger partial charge < -0.3 is 24.5 Å². The average molecular weight is 472 g/mol. The molecule has 178 valence electrons. The van der Waals surface area contributed by atoms with E-state index >= 15 is 0 Å². The van der Waals surface area contributed by atoms with Gasteiger partial charge in [0.1, 0.15) is 6.10 Å². The number of rotatable bonds is 4. The SMILES string of the molecule is CN1CCN(c2cc(Cl)ccc2C(O)C2OCCN(c3ccc(C(C)(C)C)cc3)C2=O)CC1. The van der Waals surface area contributed by atoms with Crippen LogP contribution in [0.5, 0.6) is 0 Å². The van der Waals surface area contributed by atoms with Crippen molar-refractivity contribution < 1.29 is 14.6 Å². The van der Waals surface area contributed by atoms with E-state index in [9.17, 15) is 9.90 Å². The molecule has 0 aromatic heterocycles. The highest BCUT2D eigenvalue weighted by Crippen LogP contribution is 2.35. The molecule has 0 saturated carbocycles. The molecule has 1 N–H and O–H groups in total. The summed E-state index contributed by atoms with van der Waals surface area (Å²) in [5.74, 6) is -0.225. The predicted octanol–water partition coefficient (Wildman–Crippen LogP) is 3.85. The Kier molecular flexibility index (Phi) is 7.01. The molecule has 2 atom stereocenters. The van der Waals surface area contributed by atoms with Gasteiger partial charge in [0.25, 0.3) is 5.91 Å². The van der Waals surface area contributed by atoms with Gasteiger partial charge in [-0.1, -0.05) is 50.6 Å². The summed E-state index contributed by atoms with van der Waals surface area (Å²) in [5, 5.41) is 11.9. The third kappa shape index (κ3) is 5.19. The molecule has 0 aliphatic carbocycles. The highest BCUT2D eigenvalue weighted by Gasteiger charge is 2.38. The van der Waals surface area contributed by atoms with Gasteiger partial charge in [0.2, 0.25) is 0 Å². The van der Waals surface area contributed by atoms with Crippen molar-refractivity contribution >= 4 is 28.9 Å². The minimum Gasteiger partial charge on any atom is -0.385 e. The maximum atomic E-state index is 13.4. The Labute approximate surface area is 201 Å². The monoisotopic (exact) mass is 471 g/mol. The molecule has 2 aliphatic heterocycles. The lowest BCUT2D eigenvalue weighted by atomic mass is 9.87. The second kappa shape index (κ2) is 9.63. The van der Waals surface area contributed by atoms with Crippen LogP contribution < -0.4 is 9.80 Å². The lowest BCUT2D eigenvalue weighted by Gasteiger charge is -2.38. The number of piperazine rings is 1. The summed E-state index contributed by atoms with van der Waals surface area (Å²) in [6.07, 6.45) is -2.05. The number of carbonyl (C=O) groups is 1. The van der Waals surface area contributed by atoms with Crippen molar-refractivity contribution in [1.82, 2.24) is 4.90 Å². The number of ether oxygens (including phenoxy) is 1. The second-order valence-electron chi connectivity index (χ2n) is 10.0. The lowest BCUT2D eigenvalue weighted by molar-refractivity contribution is -0.143. The van der Waals surface area contributed by atoms with Gasteiger partial charge >= 0.3 is 0 Å². The molecule has 2 heterocycles. The Morgan fingerprint density at radius 1 is 1.03 bits per heavy atom. The zero-order chi connectivity index (χ0) is 23.8. The number of morpholine rings is 1. The molecule has 2 aromatic rings. The Hall–Kier alpha value is -2.12. The quantitative estimate of drug-likeness (QED) is 0.734. The highest BCUT2D eigenvalue weighted by molar-refractivity contribution is 6.30. The molecular formula is C26H34ClN3O3. The number of hydrogen-bond donors (Lipinski definition) is 1. The number of halogens is 1. The van der Waals surface area contributed by atoms with Crippen LogP contribution >= 0.6 is 11.6 Å². The number of anilines is 2. The third-order valence-corrected chi connectivity index (χ3v) is 6.84. The maximum absolute atomic E-state index is 13.4. The van der Waals surface area contributed by atoms with E-state index in [0.717, 1.165) is 37.6 Å². The number of aliphatic hydroxyl groups is 1. The first-order chi connectivity index (χ1) is 15.6.